The number of alkyl halides is 12. The van der Waals surface area contributed by atoms with E-state index in [0.29, 0.717) is 128 Å². The fourth-order valence-electron chi connectivity index (χ4n) is 15.6. The number of aryl methyl sites for hydroxylation is 1. The third-order valence-corrected chi connectivity index (χ3v) is 25.2. The molecule has 0 bridgehead atoms. The summed E-state index contributed by atoms with van der Waals surface area (Å²) in [7, 11) is 0. The van der Waals surface area contributed by atoms with E-state index in [1.807, 2.05) is 57.3 Å². The van der Waals surface area contributed by atoms with Crippen molar-refractivity contribution in [1.29, 1.82) is 0 Å². The van der Waals surface area contributed by atoms with Gasteiger partial charge in [0.1, 0.15) is 5.82 Å². The van der Waals surface area contributed by atoms with Gasteiger partial charge in [-0.1, -0.05) is 85.4 Å². The molecule has 6 aliphatic rings. The minimum Gasteiger partial charge on any atom is -0.391 e. The quantitative estimate of drug-likeness (QED) is 0.0218. The minimum atomic E-state index is -5.84. The molecular weight excluding hydrogens is 1700 g/mol. The molecule has 5 aromatic rings. The zero-order valence-corrected chi connectivity index (χ0v) is 72.3. The summed E-state index contributed by atoms with van der Waals surface area (Å²) in [5, 5.41) is 52.1. The number of amides is 6. The predicted octanol–water partition coefficient (Wildman–Crippen LogP) is 18.4. The summed E-state index contributed by atoms with van der Waals surface area (Å²) in [5.41, 5.74) is -4.97. The van der Waals surface area contributed by atoms with Crippen LogP contribution in [0.2, 0.25) is 15.1 Å². The Morgan fingerprint density at radius 1 is 0.508 bits per heavy atom. The number of nitrogens with one attached hydrogen (secondary N) is 10. The minimum absolute atomic E-state index is 0.000523. The van der Waals surface area contributed by atoms with Crippen molar-refractivity contribution in [3.05, 3.63) is 133 Å². The van der Waals surface area contributed by atoms with E-state index in [1.165, 1.54) is 42.4 Å². The average Bonchev–Trinajstić information content (AvgIpc) is 0.880. The third kappa shape index (κ3) is 32.5. The van der Waals surface area contributed by atoms with Gasteiger partial charge in [-0.2, -0.15) is 52.7 Å². The number of halogens is 16. The maximum absolute atomic E-state index is 13.4. The molecule has 6 aliphatic carbocycles. The number of anilines is 2. The van der Waals surface area contributed by atoms with E-state index in [4.69, 9.17) is 34.8 Å². The molecule has 12 N–H and O–H groups in total. The molecule has 0 spiro atoms. The third-order valence-electron chi connectivity index (χ3n) is 23.7. The normalized spacial score (nSPS) is 21.9. The van der Waals surface area contributed by atoms with Crippen LogP contribution in [0.25, 0.3) is 11.3 Å². The Labute approximate surface area is 722 Å². The van der Waals surface area contributed by atoms with E-state index in [-0.39, 0.29) is 93.4 Å². The van der Waals surface area contributed by atoms with Crippen molar-refractivity contribution < 1.29 is 96.1 Å². The lowest BCUT2D eigenvalue weighted by Gasteiger charge is -2.39. The molecular formula is C86H113Cl3F13N11O8S. The Bertz CT molecular complexity index is 4040. The molecule has 6 amide bonds. The highest BCUT2D eigenvalue weighted by Gasteiger charge is 2.70. The molecule has 1 unspecified atom stereocenters. The van der Waals surface area contributed by atoms with Gasteiger partial charge in [0.15, 0.2) is 5.13 Å². The van der Waals surface area contributed by atoms with Crippen LogP contribution in [0.15, 0.2) is 84.2 Å². The van der Waals surface area contributed by atoms with E-state index in [0.717, 1.165) is 107 Å². The lowest BCUT2D eigenvalue weighted by atomic mass is 9.78. The van der Waals surface area contributed by atoms with Crippen molar-refractivity contribution in [3.8, 4) is 11.3 Å². The number of benzene rings is 4. The van der Waals surface area contributed by atoms with E-state index >= 15 is 0 Å². The van der Waals surface area contributed by atoms with Crippen LogP contribution < -0.4 is 53.2 Å². The highest BCUT2D eigenvalue weighted by molar-refractivity contribution is 7.14. The standard InChI is InChI=1S/C22H25F6N3O2S.C22H30F6N2O2.C21H29Cl2N3O2.C21H29ClFN3O2/c1-13-2-6-15(7-3-13)17-11-34-19(30-17)31-18(32)10-14-4-8-16(9-5-14)29-12-20(33,21(23,24)25)22(26,27)28;1-20(2,3)18(31)12-29-16-6-4-13(5-7-16)8-19(32)30-17-10-14(21(23,24)25)9-15(11-17)22(26,27)28;2*1-21(7-2-8-21)26-19(27)13-24-18-5-3-14(4-6-18)12-25-20(28)15-9-16(22)11-17(23)10-15/h2-3,6-7,11,14,16,29,33H,4-5,8-10,12H2,1H3,(H,30,31,32);9-11,13,16,18,29,31H,4-8,12H2,1-3H3,(H,30,32);2*9-11,14,18,24H,2-8,12-13H2,1H3,(H,25,28)(H,26,27). The average molecular weight is 1810 g/mol. The summed E-state index contributed by atoms with van der Waals surface area (Å²) >= 11 is 19.0. The van der Waals surface area contributed by atoms with Crippen LogP contribution in [0.3, 0.4) is 0 Å². The molecule has 0 radical (unpaired) electrons. The van der Waals surface area contributed by atoms with Gasteiger partial charge >= 0.3 is 24.7 Å². The largest absolute Gasteiger partial charge is 0.427 e. The fraction of sp³-hybridized carbons (Fsp3) is 0.616. The molecule has 4 aromatic carbocycles. The summed E-state index contributed by atoms with van der Waals surface area (Å²) in [6.45, 7) is 12.8. The first-order valence-corrected chi connectivity index (χ1v) is 43.5. The molecule has 0 saturated heterocycles. The van der Waals surface area contributed by atoms with Gasteiger partial charge in [0.25, 0.3) is 17.4 Å². The number of rotatable bonds is 27. The van der Waals surface area contributed by atoms with Crippen molar-refractivity contribution in [1.82, 2.24) is 47.5 Å². The number of aliphatic hydroxyl groups excluding tert-OH is 1. The van der Waals surface area contributed by atoms with Crippen molar-refractivity contribution in [2.24, 2.45) is 29.1 Å². The lowest BCUT2D eigenvalue weighted by molar-refractivity contribution is -0.365. The number of carbonyl (C=O) groups excluding carboxylic acids is 6. The van der Waals surface area contributed by atoms with Crippen LogP contribution in [-0.4, -0.2) is 149 Å². The van der Waals surface area contributed by atoms with Crippen LogP contribution in [0.1, 0.15) is 226 Å². The van der Waals surface area contributed by atoms with Gasteiger partial charge in [-0.15, -0.1) is 11.3 Å². The highest BCUT2D eigenvalue weighted by atomic mass is 35.5. The van der Waals surface area contributed by atoms with E-state index in [1.54, 1.807) is 18.2 Å². The van der Waals surface area contributed by atoms with Crippen LogP contribution in [0, 0.1) is 41.8 Å². The van der Waals surface area contributed by atoms with Crippen molar-refractivity contribution >= 4 is 92.4 Å². The van der Waals surface area contributed by atoms with Gasteiger partial charge in [-0.05, 0) is 246 Å². The van der Waals surface area contributed by atoms with E-state index in [9.17, 15) is 96.1 Å². The summed E-state index contributed by atoms with van der Waals surface area (Å²) in [6.07, 6.45) is -2.68. The number of aromatic nitrogens is 1. The second-order valence-electron chi connectivity index (χ2n) is 35.0. The molecule has 1 aromatic heterocycles. The van der Waals surface area contributed by atoms with Gasteiger partial charge < -0.3 is 63.4 Å². The Kier molecular flexibility index (Phi) is 36.6. The molecule has 6 saturated carbocycles. The van der Waals surface area contributed by atoms with E-state index in [2.05, 4.69) is 72.0 Å². The topological polar surface area (TPSA) is 276 Å². The molecule has 1 atom stereocenters. The monoisotopic (exact) mass is 1810 g/mol. The first-order chi connectivity index (χ1) is 57.0. The molecule has 11 rings (SSSR count). The van der Waals surface area contributed by atoms with Gasteiger partial charge in [-0.25, -0.2) is 9.37 Å². The molecule has 36 heteroatoms. The Morgan fingerprint density at radius 3 is 1.30 bits per heavy atom. The van der Waals surface area contributed by atoms with Gasteiger partial charge in [0.05, 0.1) is 36.0 Å². The Morgan fingerprint density at radius 2 is 0.902 bits per heavy atom. The maximum atomic E-state index is 13.4. The molecule has 19 nitrogen and oxygen atoms in total. The van der Waals surface area contributed by atoms with Crippen LogP contribution in [-0.2, 0) is 31.5 Å². The van der Waals surface area contributed by atoms with Gasteiger partial charge in [0.2, 0.25) is 23.6 Å². The zero-order chi connectivity index (χ0) is 89.8. The van der Waals surface area contributed by atoms with Crippen LogP contribution in [0.5, 0.6) is 0 Å². The molecule has 1 heterocycles. The summed E-state index contributed by atoms with van der Waals surface area (Å²) in [4.78, 5) is 77.7. The number of nitrogens with zero attached hydrogens (tertiary/aromatic N) is 1. The first kappa shape index (κ1) is 100. The SMILES string of the molecule is CC(C)(C)C(O)CNC1CCC(CC(=O)Nc2cc(C(F)(F)F)cc(C(F)(F)F)c2)CC1.CC1(NC(=O)CNC2CCC(CNC(=O)c3cc(Cl)cc(Cl)c3)CC2)CCC1.CC1(NC(=O)CNC2CCC(CNC(=O)c3cc(F)cc(Cl)c3)CC2)CCC1.Cc1ccc(-c2csc(NC(=O)CC3CCC(NCC(O)(C(F)(F)F)C(F)(F)F)CC3)n2)cc1. The van der Waals surface area contributed by atoms with Crippen LogP contribution >= 0.6 is 46.1 Å². The maximum Gasteiger partial charge on any atom is 0.427 e. The Balaban J connectivity index is 0.000000203. The highest BCUT2D eigenvalue weighted by Crippen LogP contribution is 2.44. The molecule has 0 aliphatic heterocycles. The first-order valence-electron chi connectivity index (χ1n) is 41.5. The smallest absolute Gasteiger partial charge is 0.391 e. The van der Waals surface area contributed by atoms with Crippen LogP contribution in [0.4, 0.5) is 67.9 Å². The second kappa shape index (κ2) is 44.5. The van der Waals surface area contributed by atoms with E-state index < -0.39 is 77.5 Å². The molecule has 122 heavy (non-hydrogen) atoms. The summed E-state index contributed by atoms with van der Waals surface area (Å²) in [5.74, 6) is -0.850. The number of carbonyl (C=O) groups is 6. The van der Waals surface area contributed by atoms with Crippen molar-refractivity contribution in [3.63, 3.8) is 0 Å². The number of thiazole rings is 1. The summed E-state index contributed by atoms with van der Waals surface area (Å²) in [6, 6.07) is 17.9. The number of hydrogen-bond acceptors (Lipinski definition) is 14. The lowest BCUT2D eigenvalue weighted by Crippen LogP contribution is -2.63. The summed E-state index contributed by atoms with van der Waals surface area (Å²) < 4.78 is 168. The Hall–Kier alpha value is -6.95. The number of aliphatic hydroxyl groups is 2. The van der Waals surface area contributed by atoms with Gasteiger partial charge in [-0.3, -0.25) is 28.8 Å². The molecule has 678 valence electrons. The number of hydrogen-bond donors (Lipinski definition) is 12. The second-order valence-corrected chi connectivity index (χ2v) is 37.2. The zero-order valence-electron chi connectivity index (χ0n) is 69.2. The fourth-order valence-corrected chi connectivity index (χ4v) is 17.1. The van der Waals surface area contributed by atoms with Crippen molar-refractivity contribution in [2.75, 3.05) is 49.9 Å². The molecule has 6 fully saturated rings. The van der Waals surface area contributed by atoms with Crippen molar-refractivity contribution in [2.45, 2.75) is 267 Å². The predicted molar refractivity (Wildman–Crippen MR) is 446 cm³/mol. The van der Waals surface area contributed by atoms with Gasteiger partial charge in [0, 0.05) is 117 Å².